The van der Waals surface area contributed by atoms with Gasteiger partial charge in [0.1, 0.15) is 5.82 Å². The van der Waals surface area contributed by atoms with Gasteiger partial charge in [-0.3, -0.25) is 0 Å². The van der Waals surface area contributed by atoms with Gasteiger partial charge in [0.05, 0.1) is 0 Å². The topological polar surface area (TPSA) is 26.0 Å². The van der Waals surface area contributed by atoms with Crippen LogP contribution in [0.3, 0.4) is 0 Å². The molecule has 0 saturated heterocycles. The Morgan fingerprint density at radius 3 is 2.15 bits per heavy atom. The van der Waals surface area contributed by atoms with Crippen LogP contribution in [0.1, 0.15) is 50.1 Å². The summed E-state index contributed by atoms with van der Waals surface area (Å²) in [5.41, 5.74) is 7.37. The molecule has 0 aliphatic heterocycles. The second-order valence-electron chi connectivity index (χ2n) is 7.42. The third-order valence-corrected chi connectivity index (χ3v) is 6.28. The molecule has 2 N–H and O–H groups in total. The van der Waals surface area contributed by atoms with Gasteiger partial charge in [0.25, 0.3) is 0 Å². The molecule has 20 heavy (non-hydrogen) atoms. The Hall–Kier alpha value is -0.600. The molecule has 0 radical (unpaired) electrons. The number of nitrogens with two attached hydrogens (primary N) is 1. The summed E-state index contributed by atoms with van der Waals surface area (Å²) in [7, 11) is 0. The molecule has 5 rings (SSSR count). The molecule has 0 spiro atoms. The summed E-state index contributed by atoms with van der Waals surface area (Å²) in [6.45, 7) is 0. The van der Waals surface area contributed by atoms with E-state index < -0.39 is 0 Å². The van der Waals surface area contributed by atoms with Gasteiger partial charge < -0.3 is 5.73 Å². The molecule has 1 aromatic rings. The van der Waals surface area contributed by atoms with Crippen LogP contribution in [-0.2, 0) is 0 Å². The fourth-order valence-corrected chi connectivity index (χ4v) is 5.80. The first kappa shape index (κ1) is 13.1. The minimum absolute atomic E-state index is 0.142. The largest absolute Gasteiger partial charge is 0.323 e. The monoisotopic (exact) mass is 293 g/mol. The van der Waals surface area contributed by atoms with Crippen molar-refractivity contribution in [2.45, 2.75) is 44.6 Å². The second kappa shape index (κ2) is 4.45. The Morgan fingerprint density at radius 2 is 1.65 bits per heavy atom. The Balaban J connectivity index is 1.69. The lowest BCUT2D eigenvalue weighted by molar-refractivity contribution is -0.0682. The first-order chi connectivity index (χ1) is 9.56. The molecule has 4 fully saturated rings. The zero-order chi connectivity index (χ0) is 13.9. The van der Waals surface area contributed by atoms with Crippen LogP contribution in [0.25, 0.3) is 0 Å². The molecule has 0 heterocycles. The van der Waals surface area contributed by atoms with E-state index in [1.165, 1.54) is 44.6 Å². The summed E-state index contributed by atoms with van der Waals surface area (Å²) in [4.78, 5) is 0. The quantitative estimate of drug-likeness (QED) is 0.840. The van der Waals surface area contributed by atoms with E-state index in [-0.39, 0.29) is 17.3 Å². The van der Waals surface area contributed by atoms with Crippen molar-refractivity contribution in [3.8, 4) is 0 Å². The minimum atomic E-state index is -0.235. The number of rotatable bonds is 2. The highest BCUT2D eigenvalue weighted by Gasteiger charge is 2.53. The standard InChI is InChI=1S/C17H21ClFN/c18-13-1-2-14(15(19)6-13)16(20)17-7-10-3-11(8-17)5-12(4-10)9-17/h1-2,6,10-12,16H,3-5,7-9,20H2. The molecule has 0 aromatic heterocycles. The van der Waals surface area contributed by atoms with E-state index in [4.69, 9.17) is 17.3 Å². The summed E-state index contributed by atoms with van der Waals surface area (Å²) in [6.07, 6.45) is 7.74. The van der Waals surface area contributed by atoms with Crippen molar-refractivity contribution in [3.63, 3.8) is 0 Å². The fourth-order valence-electron chi connectivity index (χ4n) is 5.64. The predicted octanol–water partition coefficient (Wildman–Crippen LogP) is 4.70. The molecule has 4 saturated carbocycles. The van der Waals surface area contributed by atoms with Gasteiger partial charge in [-0.25, -0.2) is 4.39 Å². The van der Waals surface area contributed by atoms with Crippen LogP contribution in [0, 0.1) is 29.0 Å². The van der Waals surface area contributed by atoms with Crippen molar-refractivity contribution in [3.05, 3.63) is 34.6 Å². The molecule has 4 aliphatic carbocycles. The first-order valence-electron chi connectivity index (χ1n) is 7.76. The summed E-state index contributed by atoms with van der Waals surface area (Å²) in [5, 5.41) is 0.448. The van der Waals surface area contributed by atoms with Crippen LogP contribution in [0.5, 0.6) is 0 Å². The highest BCUT2D eigenvalue weighted by Crippen LogP contribution is 2.63. The summed E-state index contributed by atoms with van der Waals surface area (Å²) >= 11 is 5.86. The molecular weight excluding hydrogens is 273 g/mol. The van der Waals surface area contributed by atoms with Crippen molar-refractivity contribution in [1.82, 2.24) is 0 Å². The molecule has 0 amide bonds. The summed E-state index contributed by atoms with van der Waals surface area (Å²) in [6, 6.07) is 4.78. The van der Waals surface area contributed by atoms with E-state index in [0.717, 1.165) is 17.8 Å². The Bertz CT molecular complexity index is 507. The van der Waals surface area contributed by atoms with E-state index in [2.05, 4.69) is 0 Å². The maximum atomic E-state index is 14.2. The average Bonchev–Trinajstić information content (AvgIpc) is 2.36. The molecule has 108 valence electrons. The maximum Gasteiger partial charge on any atom is 0.129 e. The lowest BCUT2D eigenvalue weighted by atomic mass is 9.47. The van der Waals surface area contributed by atoms with Gasteiger partial charge in [-0.2, -0.15) is 0 Å². The Labute approximate surface area is 124 Å². The predicted molar refractivity (Wildman–Crippen MR) is 78.9 cm³/mol. The third-order valence-electron chi connectivity index (χ3n) is 6.04. The van der Waals surface area contributed by atoms with Crippen LogP contribution in [0.2, 0.25) is 5.02 Å². The average molecular weight is 294 g/mol. The normalized spacial score (nSPS) is 40.0. The van der Waals surface area contributed by atoms with Crippen LogP contribution in [-0.4, -0.2) is 0 Å². The number of benzene rings is 1. The molecular formula is C17H21ClFN. The molecule has 1 atom stereocenters. The highest BCUT2D eigenvalue weighted by molar-refractivity contribution is 6.30. The number of hydrogen-bond donors (Lipinski definition) is 1. The zero-order valence-electron chi connectivity index (χ0n) is 11.6. The van der Waals surface area contributed by atoms with Crippen LogP contribution < -0.4 is 5.73 Å². The van der Waals surface area contributed by atoms with Crippen LogP contribution in [0.15, 0.2) is 18.2 Å². The van der Waals surface area contributed by atoms with Crippen LogP contribution >= 0.6 is 11.6 Å². The lowest BCUT2D eigenvalue weighted by Crippen LogP contribution is -2.51. The molecule has 4 aliphatic rings. The van der Waals surface area contributed by atoms with Gasteiger partial charge in [0, 0.05) is 16.6 Å². The summed E-state index contributed by atoms with van der Waals surface area (Å²) < 4.78 is 14.2. The second-order valence-corrected chi connectivity index (χ2v) is 7.86. The molecule has 3 heteroatoms. The summed E-state index contributed by atoms with van der Waals surface area (Å²) in [5.74, 6) is 2.27. The van der Waals surface area contributed by atoms with Crippen molar-refractivity contribution in [1.29, 1.82) is 0 Å². The van der Waals surface area contributed by atoms with Gasteiger partial charge in [-0.1, -0.05) is 17.7 Å². The SMILES string of the molecule is NC(c1ccc(Cl)cc1F)C12CC3CC(CC(C3)C1)C2. The van der Waals surface area contributed by atoms with E-state index in [0.29, 0.717) is 10.6 Å². The third kappa shape index (κ3) is 1.92. The first-order valence-corrected chi connectivity index (χ1v) is 8.14. The zero-order valence-corrected chi connectivity index (χ0v) is 12.4. The molecule has 1 unspecified atom stereocenters. The van der Waals surface area contributed by atoms with Gasteiger partial charge in [0.2, 0.25) is 0 Å². The minimum Gasteiger partial charge on any atom is -0.323 e. The van der Waals surface area contributed by atoms with E-state index in [9.17, 15) is 4.39 Å². The molecule has 4 bridgehead atoms. The van der Waals surface area contributed by atoms with E-state index in [1.807, 2.05) is 0 Å². The van der Waals surface area contributed by atoms with Crippen LogP contribution in [0.4, 0.5) is 4.39 Å². The van der Waals surface area contributed by atoms with Gasteiger partial charge >= 0.3 is 0 Å². The molecule has 1 nitrogen and oxygen atoms in total. The Morgan fingerprint density at radius 1 is 1.10 bits per heavy atom. The van der Waals surface area contributed by atoms with Crippen molar-refractivity contribution >= 4 is 11.6 Å². The number of hydrogen-bond acceptors (Lipinski definition) is 1. The van der Waals surface area contributed by atoms with E-state index in [1.54, 1.807) is 12.1 Å². The van der Waals surface area contributed by atoms with Crippen molar-refractivity contribution in [2.24, 2.45) is 28.9 Å². The highest BCUT2D eigenvalue weighted by atomic mass is 35.5. The smallest absolute Gasteiger partial charge is 0.129 e. The van der Waals surface area contributed by atoms with E-state index >= 15 is 0 Å². The van der Waals surface area contributed by atoms with Crippen molar-refractivity contribution < 1.29 is 4.39 Å². The lowest BCUT2D eigenvalue weighted by Gasteiger charge is -2.59. The number of halogens is 2. The van der Waals surface area contributed by atoms with Gasteiger partial charge in [-0.15, -0.1) is 0 Å². The maximum absolute atomic E-state index is 14.2. The van der Waals surface area contributed by atoms with Crippen molar-refractivity contribution in [2.75, 3.05) is 0 Å². The fraction of sp³-hybridized carbons (Fsp3) is 0.647. The molecule has 1 aromatic carbocycles. The van der Waals surface area contributed by atoms with Gasteiger partial charge in [-0.05, 0) is 73.8 Å². The van der Waals surface area contributed by atoms with Gasteiger partial charge in [0.15, 0.2) is 0 Å². The Kier molecular flexibility index (Phi) is 2.91.